The van der Waals surface area contributed by atoms with Crippen LogP contribution in [0, 0.1) is 0 Å². The number of aromatic hydroxyl groups is 1. The van der Waals surface area contributed by atoms with E-state index in [1.165, 1.54) is 0 Å². The van der Waals surface area contributed by atoms with Crippen LogP contribution in [-0.2, 0) is 6.42 Å². The van der Waals surface area contributed by atoms with Crippen molar-refractivity contribution in [3.63, 3.8) is 0 Å². The molecule has 3 heterocycles. The monoisotopic (exact) mass is 532 g/mol. The summed E-state index contributed by atoms with van der Waals surface area (Å²) in [5.74, 6) is 1.73. The van der Waals surface area contributed by atoms with E-state index in [0.29, 0.717) is 53.0 Å². The number of hydrogen-bond acceptors (Lipinski definition) is 8. The SMILES string of the molecule is COc1ncccc1-c1ccc(O)c(-c2nc3cc(C(=O)NCCc4nc(-c5ccccc5)no4)ccc3[nH]2)c1. The average molecular weight is 533 g/mol. The number of rotatable bonds is 8. The summed E-state index contributed by atoms with van der Waals surface area (Å²) in [4.78, 5) is 29.3. The largest absolute Gasteiger partial charge is 0.507 e. The van der Waals surface area contributed by atoms with Crippen LogP contribution in [-0.4, -0.2) is 49.8 Å². The molecule has 6 rings (SSSR count). The van der Waals surface area contributed by atoms with Crippen molar-refractivity contribution in [3.05, 3.63) is 96.5 Å². The summed E-state index contributed by atoms with van der Waals surface area (Å²) < 4.78 is 10.7. The van der Waals surface area contributed by atoms with E-state index in [1.54, 1.807) is 43.6 Å². The molecule has 3 aromatic carbocycles. The molecule has 6 aromatic rings. The van der Waals surface area contributed by atoms with E-state index in [4.69, 9.17) is 9.26 Å². The first-order valence-corrected chi connectivity index (χ1v) is 12.6. The van der Waals surface area contributed by atoms with Gasteiger partial charge in [-0.3, -0.25) is 4.79 Å². The number of amides is 1. The Morgan fingerprint density at radius 2 is 1.85 bits per heavy atom. The number of carbonyl (C=O) groups is 1. The molecule has 0 saturated heterocycles. The topological polar surface area (TPSA) is 139 Å². The molecule has 0 aliphatic heterocycles. The molecular weight excluding hydrogens is 508 g/mol. The molecular formula is C30H24N6O4. The maximum Gasteiger partial charge on any atom is 0.251 e. The lowest BCUT2D eigenvalue weighted by Gasteiger charge is -2.09. The number of ether oxygens (including phenoxy) is 1. The van der Waals surface area contributed by atoms with E-state index in [1.807, 2.05) is 48.5 Å². The maximum atomic E-state index is 12.8. The fourth-order valence-electron chi connectivity index (χ4n) is 4.39. The van der Waals surface area contributed by atoms with Gasteiger partial charge in [0.25, 0.3) is 5.91 Å². The first kappa shape index (κ1) is 24.8. The first-order valence-electron chi connectivity index (χ1n) is 12.6. The van der Waals surface area contributed by atoms with E-state index in [0.717, 1.165) is 22.2 Å². The van der Waals surface area contributed by atoms with Crippen molar-refractivity contribution in [2.24, 2.45) is 0 Å². The van der Waals surface area contributed by atoms with E-state index < -0.39 is 0 Å². The highest BCUT2D eigenvalue weighted by Crippen LogP contribution is 2.35. The van der Waals surface area contributed by atoms with Crippen molar-refractivity contribution >= 4 is 16.9 Å². The quantitative estimate of drug-likeness (QED) is 0.248. The number of pyridine rings is 1. The van der Waals surface area contributed by atoms with Crippen molar-refractivity contribution in [2.45, 2.75) is 6.42 Å². The highest BCUT2D eigenvalue weighted by molar-refractivity contribution is 5.97. The third-order valence-electron chi connectivity index (χ3n) is 6.40. The Hall–Kier alpha value is -5.51. The van der Waals surface area contributed by atoms with Gasteiger partial charge >= 0.3 is 0 Å². The highest BCUT2D eigenvalue weighted by atomic mass is 16.5. The van der Waals surface area contributed by atoms with Gasteiger partial charge in [-0.25, -0.2) is 9.97 Å². The number of nitrogens with zero attached hydrogens (tertiary/aromatic N) is 4. The number of benzene rings is 3. The zero-order chi connectivity index (χ0) is 27.5. The normalized spacial score (nSPS) is 11.0. The molecule has 1 amide bonds. The van der Waals surface area contributed by atoms with Gasteiger partial charge in [0, 0.05) is 35.9 Å². The van der Waals surface area contributed by atoms with Crippen molar-refractivity contribution in [1.29, 1.82) is 0 Å². The van der Waals surface area contributed by atoms with Gasteiger partial charge < -0.3 is 24.7 Å². The molecule has 0 unspecified atom stereocenters. The molecule has 0 radical (unpaired) electrons. The summed E-state index contributed by atoms with van der Waals surface area (Å²) in [5.41, 5.74) is 4.77. The van der Waals surface area contributed by atoms with Crippen molar-refractivity contribution < 1.29 is 19.2 Å². The zero-order valence-corrected chi connectivity index (χ0v) is 21.5. The number of fused-ring (bicyclic) bond motifs is 1. The van der Waals surface area contributed by atoms with Crippen LogP contribution in [0.15, 0.2) is 89.6 Å². The Balaban J connectivity index is 1.17. The Kier molecular flexibility index (Phi) is 6.63. The molecule has 10 heteroatoms. The fraction of sp³-hybridized carbons (Fsp3) is 0.100. The molecule has 3 aromatic heterocycles. The second-order valence-corrected chi connectivity index (χ2v) is 8.99. The number of aromatic amines is 1. The Morgan fingerprint density at radius 1 is 0.975 bits per heavy atom. The van der Waals surface area contributed by atoms with Crippen LogP contribution < -0.4 is 10.1 Å². The summed E-state index contributed by atoms with van der Waals surface area (Å²) in [6, 6.07) is 23.7. The molecule has 198 valence electrons. The van der Waals surface area contributed by atoms with Crippen LogP contribution in [0.1, 0.15) is 16.2 Å². The minimum atomic E-state index is -0.247. The number of nitrogens with one attached hydrogen (secondary N) is 2. The van der Waals surface area contributed by atoms with Crippen molar-refractivity contribution in [2.75, 3.05) is 13.7 Å². The van der Waals surface area contributed by atoms with Crippen LogP contribution in [0.4, 0.5) is 0 Å². The fourth-order valence-corrected chi connectivity index (χ4v) is 4.39. The Labute approximate surface area is 228 Å². The number of phenols is 1. The molecule has 0 saturated carbocycles. The van der Waals surface area contributed by atoms with Gasteiger partial charge in [0.05, 0.1) is 23.7 Å². The van der Waals surface area contributed by atoms with Crippen molar-refractivity contribution in [3.8, 4) is 45.5 Å². The second-order valence-electron chi connectivity index (χ2n) is 8.99. The van der Waals surface area contributed by atoms with Gasteiger partial charge in [0.15, 0.2) is 0 Å². The molecule has 0 spiro atoms. The molecule has 3 N–H and O–H groups in total. The van der Waals surface area contributed by atoms with E-state index >= 15 is 0 Å². The third kappa shape index (κ3) is 4.97. The molecule has 0 aliphatic rings. The van der Waals surface area contributed by atoms with E-state index in [9.17, 15) is 9.90 Å². The van der Waals surface area contributed by atoms with Crippen LogP contribution in [0.5, 0.6) is 11.6 Å². The second kappa shape index (κ2) is 10.7. The van der Waals surface area contributed by atoms with Gasteiger partial charge in [-0.2, -0.15) is 4.98 Å². The lowest BCUT2D eigenvalue weighted by atomic mass is 10.0. The average Bonchev–Trinajstić information content (AvgIpc) is 3.65. The summed E-state index contributed by atoms with van der Waals surface area (Å²) in [6.45, 7) is 0.331. The van der Waals surface area contributed by atoms with Gasteiger partial charge in [0.1, 0.15) is 11.6 Å². The van der Waals surface area contributed by atoms with Crippen LogP contribution in [0.2, 0.25) is 0 Å². The van der Waals surface area contributed by atoms with E-state index in [2.05, 4.69) is 30.4 Å². The Morgan fingerprint density at radius 3 is 2.70 bits per heavy atom. The van der Waals surface area contributed by atoms with Crippen LogP contribution in [0.25, 0.3) is 44.9 Å². The number of H-pyrrole nitrogens is 1. The molecule has 0 bridgehead atoms. The van der Waals surface area contributed by atoms with Crippen LogP contribution in [0.3, 0.4) is 0 Å². The molecule has 0 atom stereocenters. The van der Waals surface area contributed by atoms with E-state index in [-0.39, 0.29) is 11.7 Å². The molecule has 40 heavy (non-hydrogen) atoms. The number of imidazole rings is 1. The lowest BCUT2D eigenvalue weighted by Crippen LogP contribution is -2.25. The van der Waals surface area contributed by atoms with Gasteiger partial charge in [-0.15, -0.1) is 0 Å². The minimum absolute atomic E-state index is 0.0695. The number of aromatic nitrogens is 5. The third-order valence-corrected chi connectivity index (χ3v) is 6.40. The summed E-state index contributed by atoms with van der Waals surface area (Å²) >= 11 is 0. The van der Waals surface area contributed by atoms with Crippen molar-refractivity contribution in [1.82, 2.24) is 30.4 Å². The molecule has 0 aliphatic carbocycles. The molecule has 10 nitrogen and oxygen atoms in total. The van der Waals surface area contributed by atoms with Gasteiger partial charge in [0.2, 0.25) is 17.6 Å². The molecule has 0 fully saturated rings. The zero-order valence-electron chi connectivity index (χ0n) is 21.5. The summed E-state index contributed by atoms with van der Waals surface area (Å²) in [5, 5.41) is 17.5. The summed E-state index contributed by atoms with van der Waals surface area (Å²) in [7, 11) is 1.56. The predicted molar refractivity (Wildman–Crippen MR) is 149 cm³/mol. The minimum Gasteiger partial charge on any atom is -0.507 e. The summed E-state index contributed by atoms with van der Waals surface area (Å²) in [6.07, 6.45) is 2.06. The maximum absolute atomic E-state index is 12.8. The smallest absolute Gasteiger partial charge is 0.251 e. The number of carbonyl (C=O) groups excluding carboxylic acids is 1. The lowest BCUT2D eigenvalue weighted by molar-refractivity contribution is 0.0953. The standard InChI is InChI=1S/C30H24N6O4/c1-39-30-21(8-5-14-32-30)19-10-12-25(37)22(16-19)28-33-23-11-9-20(17-24(23)34-28)29(38)31-15-13-26-35-27(36-40-26)18-6-3-2-4-7-18/h2-12,14,16-17,37H,13,15H2,1H3,(H,31,38)(H,33,34). The Bertz CT molecular complexity index is 1810. The van der Waals surface area contributed by atoms with Crippen LogP contribution >= 0.6 is 0 Å². The van der Waals surface area contributed by atoms with Gasteiger partial charge in [-0.05, 0) is 48.0 Å². The highest BCUT2D eigenvalue weighted by Gasteiger charge is 2.16. The number of methoxy groups -OCH3 is 1. The van der Waals surface area contributed by atoms with Gasteiger partial charge in [-0.1, -0.05) is 41.6 Å². The first-order chi connectivity index (χ1) is 19.6. The predicted octanol–water partition coefficient (Wildman–Crippen LogP) is 5.03. The number of phenolic OH excluding ortho intramolecular Hbond substituents is 1. The number of hydrogen-bond donors (Lipinski definition) is 3.